The van der Waals surface area contributed by atoms with Gasteiger partial charge in [-0.3, -0.25) is 0 Å². The number of rotatable bonds is 1. The molecule has 0 saturated heterocycles. The molecule has 0 amide bonds. The predicted molar refractivity (Wildman–Crippen MR) is 273 cm³/mol. The molecule has 5 heterocycles. The van der Waals surface area contributed by atoms with Gasteiger partial charge in [0.05, 0.1) is 11.0 Å². The Bertz CT molecular complexity index is 3650. The molecule has 0 fully saturated rings. The summed E-state index contributed by atoms with van der Waals surface area (Å²) in [7, 11) is 0. The molecule has 3 nitrogen and oxygen atoms in total. The zero-order chi connectivity index (χ0) is 43.3. The summed E-state index contributed by atoms with van der Waals surface area (Å²) < 4.78 is 11.9. The second-order valence-electron chi connectivity index (χ2n) is 22.4. The number of hydrogen-bond acceptors (Lipinski definition) is 3. The molecule has 63 heavy (non-hydrogen) atoms. The van der Waals surface area contributed by atoms with E-state index in [1.807, 2.05) is 11.3 Å². The lowest BCUT2D eigenvalue weighted by Gasteiger charge is -2.42. The molecule has 3 aromatic heterocycles. The second kappa shape index (κ2) is 12.1. The third-order valence-electron chi connectivity index (χ3n) is 15.6. The van der Waals surface area contributed by atoms with E-state index in [0.717, 1.165) is 11.2 Å². The van der Waals surface area contributed by atoms with Crippen LogP contribution in [0.5, 0.6) is 0 Å². The van der Waals surface area contributed by atoms with Gasteiger partial charge in [-0.1, -0.05) is 124 Å². The number of para-hydroxylation sites is 1. The van der Waals surface area contributed by atoms with Gasteiger partial charge in [-0.25, -0.2) is 0 Å². The van der Waals surface area contributed by atoms with Crippen LogP contribution in [-0.4, -0.2) is 11.4 Å². The highest BCUT2D eigenvalue weighted by atomic mass is 32.1. The highest BCUT2D eigenvalue weighted by Gasteiger charge is 2.45. The first-order chi connectivity index (χ1) is 30.0. The van der Waals surface area contributed by atoms with E-state index in [4.69, 9.17) is 4.42 Å². The molecule has 0 bridgehead atoms. The summed E-state index contributed by atoms with van der Waals surface area (Å²) in [4.78, 5) is 2.72. The molecule has 310 valence electrons. The van der Waals surface area contributed by atoms with Gasteiger partial charge in [0, 0.05) is 64.3 Å². The molecule has 5 heteroatoms. The summed E-state index contributed by atoms with van der Waals surface area (Å²) in [6.45, 7) is 23.7. The van der Waals surface area contributed by atoms with Crippen molar-refractivity contribution in [2.45, 2.75) is 104 Å². The quantitative estimate of drug-likeness (QED) is 0.154. The van der Waals surface area contributed by atoms with Crippen LogP contribution >= 0.6 is 11.3 Å². The van der Waals surface area contributed by atoms with Gasteiger partial charge in [-0.15, -0.1) is 11.3 Å². The van der Waals surface area contributed by atoms with Crippen LogP contribution in [0.2, 0.25) is 0 Å². The Labute approximate surface area is 374 Å². The van der Waals surface area contributed by atoms with Crippen molar-refractivity contribution in [3.63, 3.8) is 0 Å². The number of aromatic nitrogens is 1. The summed E-state index contributed by atoms with van der Waals surface area (Å²) in [5, 5.41) is 7.66. The summed E-state index contributed by atoms with van der Waals surface area (Å²) in [6, 6.07) is 45.0. The third kappa shape index (κ3) is 5.03. The Morgan fingerprint density at radius 3 is 2.00 bits per heavy atom. The van der Waals surface area contributed by atoms with E-state index in [-0.39, 0.29) is 28.5 Å². The lowest BCUT2D eigenvalue weighted by atomic mass is 9.43. The molecule has 7 aromatic carbocycles. The van der Waals surface area contributed by atoms with E-state index in [0.29, 0.717) is 0 Å². The number of fused-ring (bicyclic) bond motifs is 16. The van der Waals surface area contributed by atoms with Crippen LogP contribution < -0.4 is 15.7 Å². The molecule has 0 saturated carbocycles. The predicted octanol–water partition coefficient (Wildman–Crippen LogP) is 15.2. The lowest BCUT2D eigenvalue weighted by Crippen LogP contribution is -2.60. The van der Waals surface area contributed by atoms with Gasteiger partial charge < -0.3 is 13.8 Å². The Hall–Kier alpha value is -5.78. The fourth-order valence-corrected chi connectivity index (χ4v) is 13.0. The van der Waals surface area contributed by atoms with Crippen LogP contribution in [0.4, 0.5) is 11.4 Å². The maximum absolute atomic E-state index is 6.56. The summed E-state index contributed by atoms with van der Waals surface area (Å²) in [6.07, 6.45) is 2.42. The summed E-state index contributed by atoms with van der Waals surface area (Å²) >= 11 is 1.97. The van der Waals surface area contributed by atoms with Crippen LogP contribution in [0.25, 0.3) is 80.7 Å². The van der Waals surface area contributed by atoms with Gasteiger partial charge in [-0.05, 0) is 134 Å². The van der Waals surface area contributed by atoms with E-state index in [1.54, 1.807) is 0 Å². The van der Waals surface area contributed by atoms with Crippen molar-refractivity contribution < 1.29 is 4.42 Å². The monoisotopic (exact) mass is 836 g/mol. The zero-order valence-corrected chi connectivity index (χ0v) is 39.0. The smallest absolute Gasteiger partial charge is 0.333 e. The molecule has 2 aliphatic heterocycles. The molecule has 0 atom stereocenters. The fourth-order valence-electron chi connectivity index (χ4n) is 11.9. The minimum absolute atomic E-state index is 0.0280. The zero-order valence-electron chi connectivity index (χ0n) is 38.2. The van der Waals surface area contributed by atoms with Gasteiger partial charge in [0.1, 0.15) is 11.2 Å². The van der Waals surface area contributed by atoms with Crippen molar-refractivity contribution in [1.29, 1.82) is 0 Å². The van der Waals surface area contributed by atoms with Crippen LogP contribution in [0, 0.1) is 0 Å². The van der Waals surface area contributed by atoms with Crippen LogP contribution in [0.3, 0.4) is 0 Å². The molecule has 1 aliphatic carbocycles. The minimum atomic E-state index is -0.0581. The Balaban J connectivity index is 1.19. The van der Waals surface area contributed by atoms with Crippen molar-refractivity contribution in [3.8, 4) is 16.8 Å². The van der Waals surface area contributed by atoms with Crippen molar-refractivity contribution in [3.05, 3.63) is 138 Å². The average Bonchev–Trinajstić information content (AvgIpc) is 3.92. The second-order valence-corrected chi connectivity index (χ2v) is 23.5. The highest BCUT2D eigenvalue weighted by Crippen LogP contribution is 2.53. The first kappa shape index (κ1) is 37.8. The van der Waals surface area contributed by atoms with Crippen molar-refractivity contribution in [1.82, 2.24) is 4.57 Å². The minimum Gasteiger partial charge on any atom is -0.456 e. The molecular formula is C58H53BN2OS. The van der Waals surface area contributed by atoms with E-state index in [1.165, 1.54) is 127 Å². The molecular weight excluding hydrogens is 784 g/mol. The molecule has 0 radical (unpaired) electrons. The Morgan fingerprint density at radius 2 is 1.25 bits per heavy atom. The number of thiophene rings is 1. The van der Waals surface area contributed by atoms with Gasteiger partial charge in [0.25, 0.3) is 0 Å². The third-order valence-corrected chi connectivity index (χ3v) is 16.7. The largest absolute Gasteiger partial charge is 0.456 e. The number of anilines is 2. The van der Waals surface area contributed by atoms with Crippen molar-refractivity contribution >= 4 is 104 Å². The number of hydrogen-bond donors (Lipinski definition) is 0. The first-order valence-corrected chi connectivity index (χ1v) is 23.8. The van der Waals surface area contributed by atoms with Crippen LogP contribution in [-0.2, 0) is 21.7 Å². The number of nitrogens with zero attached hydrogens (tertiary/aromatic N) is 2. The maximum atomic E-state index is 6.56. The molecule has 3 aliphatic rings. The van der Waals surface area contributed by atoms with E-state index < -0.39 is 0 Å². The van der Waals surface area contributed by atoms with Crippen molar-refractivity contribution in [2.75, 3.05) is 4.81 Å². The average molecular weight is 837 g/mol. The van der Waals surface area contributed by atoms with Crippen LogP contribution in [0.15, 0.2) is 120 Å². The van der Waals surface area contributed by atoms with Gasteiger partial charge in [0.15, 0.2) is 0 Å². The summed E-state index contributed by atoms with van der Waals surface area (Å²) in [5.74, 6) is 0. The van der Waals surface area contributed by atoms with Gasteiger partial charge in [0.2, 0.25) is 0 Å². The number of benzene rings is 7. The standard InChI is InChI=1S/C58H53BN2OS/c1-55(2,3)32-15-18-34(19-16-32)61-46-29-40-39-28-41-42(58(9,10)26-25-57(41,7)8)31-50(39)63-49(40)30-38(46)35-20-21-37-51-45(23-24-48-52(51)36-13-11-12-14-47(36)62-48)60-44-22-17-33(56(4,5)6)27-43(44)59(61)53(35)54(37)60/h11-24,27-31H,25-26H2,1-10H3. The Kier molecular flexibility index (Phi) is 7.23. The maximum Gasteiger partial charge on any atom is 0.333 e. The molecule has 0 N–H and O–H groups in total. The lowest BCUT2D eigenvalue weighted by molar-refractivity contribution is 0.332. The SMILES string of the molecule is CC(C)(C)c1ccc(N2B3c4cc(C(C)(C)C)ccc4-n4c5ccc6oc7ccccc7c6c5c5ccc(c3c54)-c3cc4sc5cc6c(cc5c4cc32)C(C)(C)CCC6(C)C)cc1. The van der Waals surface area contributed by atoms with Gasteiger partial charge >= 0.3 is 6.85 Å². The molecule has 0 unspecified atom stereocenters. The van der Waals surface area contributed by atoms with E-state index in [9.17, 15) is 0 Å². The number of furan rings is 1. The fraction of sp³-hybridized carbons (Fsp3) is 0.276. The molecule has 13 rings (SSSR count). The normalized spacial score (nSPS) is 16.5. The van der Waals surface area contributed by atoms with E-state index in [2.05, 4.69) is 194 Å². The van der Waals surface area contributed by atoms with Crippen molar-refractivity contribution in [2.24, 2.45) is 0 Å². The molecule has 0 spiro atoms. The Morgan fingerprint density at radius 1 is 0.571 bits per heavy atom. The van der Waals surface area contributed by atoms with Gasteiger partial charge in [-0.2, -0.15) is 0 Å². The highest BCUT2D eigenvalue weighted by molar-refractivity contribution is 7.25. The summed E-state index contributed by atoms with van der Waals surface area (Å²) in [5.41, 5.74) is 19.6. The first-order valence-electron chi connectivity index (χ1n) is 23.0. The van der Waals surface area contributed by atoms with E-state index >= 15 is 0 Å². The molecule has 10 aromatic rings. The topological polar surface area (TPSA) is 21.3 Å². The van der Waals surface area contributed by atoms with Crippen LogP contribution in [0.1, 0.15) is 104 Å².